The van der Waals surface area contributed by atoms with Gasteiger partial charge in [0.25, 0.3) is 0 Å². The van der Waals surface area contributed by atoms with E-state index < -0.39 is 11.2 Å². The molecule has 9 nitrogen and oxygen atoms in total. The van der Waals surface area contributed by atoms with Crippen LogP contribution in [0.1, 0.15) is 42.8 Å². The minimum absolute atomic E-state index is 0.173. The lowest BCUT2D eigenvalue weighted by atomic mass is 10.00. The van der Waals surface area contributed by atoms with Crippen LogP contribution in [0.15, 0.2) is 52.2 Å². The highest BCUT2D eigenvalue weighted by molar-refractivity contribution is 8.00. The zero-order chi connectivity index (χ0) is 23.4. The third-order valence-corrected chi connectivity index (χ3v) is 6.83. The number of furan rings is 1. The van der Waals surface area contributed by atoms with E-state index in [-0.39, 0.29) is 5.91 Å². The molecule has 4 rings (SSSR count). The highest BCUT2D eigenvalue weighted by Crippen LogP contribution is 2.29. The second kappa shape index (κ2) is 10.1. The zero-order valence-electron chi connectivity index (χ0n) is 18.7. The molecule has 174 valence electrons. The number of carbonyl (C=O) groups is 2. The number of nitrogens with one attached hydrogen (secondary N) is 1. The fourth-order valence-corrected chi connectivity index (χ4v) is 4.52. The van der Waals surface area contributed by atoms with Gasteiger partial charge in [0.1, 0.15) is 5.76 Å². The van der Waals surface area contributed by atoms with Crippen molar-refractivity contribution in [2.45, 2.75) is 43.6 Å². The van der Waals surface area contributed by atoms with Crippen LogP contribution in [0.3, 0.4) is 0 Å². The third kappa shape index (κ3) is 5.57. The Labute approximate surface area is 196 Å². The summed E-state index contributed by atoms with van der Waals surface area (Å²) in [6.45, 7) is 6.45. The standard InChI is InChI=1S/C23H28N6O3S/c1-15-9-11-28(12-10-15)22-26-27-23(29(22)14-19-4-3-13-32-19)33-16(2)21(31)25-18-7-5-17(6-8-18)20(24)30/h3-8,13,15-16H,9-12,14H2,1-2H3,(H2,24,30)(H,25,31). The summed E-state index contributed by atoms with van der Waals surface area (Å²) in [6, 6.07) is 10.3. The van der Waals surface area contributed by atoms with E-state index in [1.165, 1.54) is 11.8 Å². The van der Waals surface area contributed by atoms with Gasteiger partial charge in [0.05, 0.1) is 18.1 Å². The Morgan fingerprint density at radius 2 is 1.94 bits per heavy atom. The second-order valence-electron chi connectivity index (χ2n) is 8.31. The fourth-order valence-electron chi connectivity index (χ4n) is 3.68. The first-order chi connectivity index (χ1) is 15.9. The number of hydrogen-bond donors (Lipinski definition) is 2. The minimum atomic E-state index is -0.508. The predicted molar refractivity (Wildman–Crippen MR) is 127 cm³/mol. The van der Waals surface area contributed by atoms with E-state index in [2.05, 4.69) is 27.3 Å². The number of piperidine rings is 1. The molecule has 1 saturated heterocycles. The molecule has 3 aromatic rings. The maximum Gasteiger partial charge on any atom is 0.248 e. The Bertz CT molecular complexity index is 1090. The van der Waals surface area contributed by atoms with Gasteiger partial charge in [-0.1, -0.05) is 18.7 Å². The normalized spacial score (nSPS) is 15.4. The van der Waals surface area contributed by atoms with E-state index in [9.17, 15) is 9.59 Å². The Hall–Kier alpha value is -3.27. The van der Waals surface area contributed by atoms with E-state index in [4.69, 9.17) is 10.2 Å². The molecule has 1 fully saturated rings. The number of anilines is 2. The van der Waals surface area contributed by atoms with Gasteiger partial charge in [0.2, 0.25) is 17.8 Å². The number of hydrogen-bond acceptors (Lipinski definition) is 7. The summed E-state index contributed by atoms with van der Waals surface area (Å²) in [5.41, 5.74) is 6.25. The average molecular weight is 469 g/mol. The molecule has 0 spiro atoms. The molecule has 3 N–H and O–H groups in total. The Kier molecular flexibility index (Phi) is 7.02. The lowest BCUT2D eigenvalue weighted by molar-refractivity contribution is -0.115. The SMILES string of the molecule is CC1CCN(c2nnc(SC(C)C(=O)Nc3ccc(C(N)=O)cc3)n2Cc2ccco2)CC1. The molecule has 0 radical (unpaired) electrons. The molecule has 1 aromatic carbocycles. The molecule has 10 heteroatoms. The van der Waals surface area contributed by atoms with Gasteiger partial charge in [-0.05, 0) is 62.1 Å². The highest BCUT2D eigenvalue weighted by atomic mass is 32.2. The summed E-state index contributed by atoms with van der Waals surface area (Å²) >= 11 is 1.35. The topological polar surface area (TPSA) is 119 Å². The number of carbonyl (C=O) groups excluding carboxylic acids is 2. The average Bonchev–Trinajstić information content (AvgIpc) is 3.45. The molecule has 2 aromatic heterocycles. The zero-order valence-corrected chi connectivity index (χ0v) is 19.5. The third-order valence-electron chi connectivity index (χ3n) is 5.75. The maximum atomic E-state index is 12.8. The van der Waals surface area contributed by atoms with Crippen molar-refractivity contribution in [2.75, 3.05) is 23.3 Å². The number of benzene rings is 1. The number of primary amides is 1. The first-order valence-corrected chi connectivity index (χ1v) is 11.9. The van der Waals surface area contributed by atoms with E-state index in [0.717, 1.165) is 37.6 Å². The Morgan fingerprint density at radius 3 is 2.58 bits per heavy atom. The van der Waals surface area contributed by atoms with Crippen LogP contribution in [0.2, 0.25) is 0 Å². The lowest BCUT2D eigenvalue weighted by Crippen LogP contribution is -2.35. The van der Waals surface area contributed by atoms with Crippen molar-refractivity contribution in [3.05, 3.63) is 54.0 Å². The van der Waals surface area contributed by atoms with Crippen molar-refractivity contribution in [3.8, 4) is 0 Å². The van der Waals surface area contributed by atoms with Crippen molar-refractivity contribution in [1.82, 2.24) is 14.8 Å². The van der Waals surface area contributed by atoms with Gasteiger partial charge in [-0.25, -0.2) is 0 Å². The van der Waals surface area contributed by atoms with Crippen molar-refractivity contribution >= 4 is 35.2 Å². The summed E-state index contributed by atoms with van der Waals surface area (Å²) in [6.07, 6.45) is 3.88. The van der Waals surface area contributed by atoms with Crippen molar-refractivity contribution in [3.63, 3.8) is 0 Å². The molecule has 1 atom stereocenters. The number of thioether (sulfide) groups is 1. The molecular formula is C23H28N6O3S. The molecule has 0 bridgehead atoms. The molecule has 2 amide bonds. The van der Waals surface area contributed by atoms with Crippen LogP contribution >= 0.6 is 11.8 Å². The summed E-state index contributed by atoms with van der Waals surface area (Å²) in [5.74, 6) is 1.63. The molecule has 1 unspecified atom stereocenters. The van der Waals surface area contributed by atoms with E-state index >= 15 is 0 Å². The summed E-state index contributed by atoms with van der Waals surface area (Å²) in [5, 5.41) is 12.0. The Balaban J connectivity index is 1.48. The predicted octanol–water partition coefficient (Wildman–Crippen LogP) is 3.37. The first-order valence-electron chi connectivity index (χ1n) is 11.0. The van der Waals surface area contributed by atoms with Gasteiger partial charge in [-0.15, -0.1) is 10.2 Å². The quantitative estimate of drug-likeness (QED) is 0.486. The monoisotopic (exact) mass is 468 g/mol. The molecule has 0 saturated carbocycles. The van der Waals surface area contributed by atoms with Gasteiger partial charge in [0, 0.05) is 24.3 Å². The maximum absolute atomic E-state index is 12.8. The number of nitrogens with zero attached hydrogens (tertiary/aromatic N) is 4. The van der Waals surface area contributed by atoms with Gasteiger partial charge >= 0.3 is 0 Å². The Morgan fingerprint density at radius 1 is 1.21 bits per heavy atom. The number of nitrogens with two attached hydrogens (primary N) is 1. The summed E-state index contributed by atoms with van der Waals surface area (Å²) < 4.78 is 7.58. The summed E-state index contributed by atoms with van der Waals surface area (Å²) in [4.78, 5) is 26.3. The van der Waals surface area contributed by atoms with Gasteiger partial charge < -0.3 is 20.4 Å². The van der Waals surface area contributed by atoms with Gasteiger partial charge in [0.15, 0.2) is 5.16 Å². The molecule has 0 aliphatic carbocycles. The van der Waals surface area contributed by atoms with Crippen LogP contribution in [0, 0.1) is 5.92 Å². The molecule has 3 heterocycles. The largest absolute Gasteiger partial charge is 0.467 e. The number of rotatable bonds is 8. The second-order valence-corrected chi connectivity index (χ2v) is 9.62. The summed E-state index contributed by atoms with van der Waals surface area (Å²) in [7, 11) is 0. The van der Waals surface area contributed by atoms with Crippen LogP contribution in [-0.2, 0) is 11.3 Å². The van der Waals surface area contributed by atoms with Crippen LogP contribution in [0.25, 0.3) is 0 Å². The van der Waals surface area contributed by atoms with Crippen molar-refractivity contribution < 1.29 is 14.0 Å². The first kappa shape index (κ1) is 22.9. The number of aromatic nitrogens is 3. The molecule has 1 aliphatic rings. The lowest BCUT2D eigenvalue weighted by Gasteiger charge is -2.31. The van der Waals surface area contributed by atoms with Crippen LogP contribution < -0.4 is 16.0 Å². The fraction of sp³-hybridized carbons (Fsp3) is 0.391. The van der Waals surface area contributed by atoms with E-state index in [1.54, 1.807) is 30.5 Å². The minimum Gasteiger partial charge on any atom is -0.467 e. The number of amides is 2. The van der Waals surface area contributed by atoms with E-state index in [0.29, 0.717) is 28.9 Å². The van der Waals surface area contributed by atoms with Crippen molar-refractivity contribution in [2.24, 2.45) is 11.7 Å². The van der Waals surface area contributed by atoms with Crippen LogP contribution in [-0.4, -0.2) is 44.9 Å². The van der Waals surface area contributed by atoms with Crippen molar-refractivity contribution in [1.29, 1.82) is 0 Å². The van der Waals surface area contributed by atoms with Crippen LogP contribution in [0.4, 0.5) is 11.6 Å². The molecule has 33 heavy (non-hydrogen) atoms. The highest BCUT2D eigenvalue weighted by Gasteiger charge is 2.25. The molecular weight excluding hydrogens is 440 g/mol. The van der Waals surface area contributed by atoms with Crippen LogP contribution in [0.5, 0.6) is 0 Å². The van der Waals surface area contributed by atoms with E-state index in [1.807, 2.05) is 23.6 Å². The molecule has 1 aliphatic heterocycles. The van der Waals surface area contributed by atoms with Gasteiger partial charge in [-0.2, -0.15) is 0 Å². The van der Waals surface area contributed by atoms with Gasteiger partial charge in [-0.3, -0.25) is 14.2 Å². The smallest absolute Gasteiger partial charge is 0.248 e.